The van der Waals surface area contributed by atoms with Crippen LogP contribution in [0.1, 0.15) is 29.5 Å². The van der Waals surface area contributed by atoms with Crippen molar-refractivity contribution in [2.24, 2.45) is 0 Å². The van der Waals surface area contributed by atoms with Crippen LogP contribution in [0.2, 0.25) is 0 Å². The summed E-state index contributed by atoms with van der Waals surface area (Å²) in [5.41, 5.74) is 5.06. The molecule has 0 aliphatic heterocycles. The molecule has 0 aliphatic carbocycles. The van der Waals surface area contributed by atoms with Crippen LogP contribution < -0.4 is 4.74 Å². The van der Waals surface area contributed by atoms with Crippen molar-refractivity contribution in [1.29, 1.82) is 0 Å². The van der Waals surface area contributed by atoms with E-state index in [9.17, 15) is 0 Å². The zero-order valence-corrected chi connectivity index (χ0v) is 15.7. The number of rotatable bonds is 7. The van der Waals surface area contributed by atoms with Gasteiger partial charge in [0.15, 0.2) is 0 Å². The molecule has 0 fully saturated rings. The topological polar surface area (TPSA) is 9.23 Å². The Morgan fingerprint density at radius 2 is 1.42 bits per heavy atom. The van der Waals surface area contributed by atoms with Crippen molar-refractivity contribution >= 4 is 17.2 Å². The Morgan fingerprint density at radius 1 is 0.846 bits per heavy atom. The fraction of sp³-hybridized carbons (Fsp3) is 0.167. The maximum Gasteiger partial charge on any atom is 0.119 e. The van der Waals surface area contributed by atoms with E-state index in [-0.39, 0.29) is 5.92 Å². The Labute approximate surface area is 160 Å². The molecule has 1 nitrogen and oxygen atoms in total. The second-order valence-corrected chi connectivity index (χ2v) is 6.44. The molecule has 1 unspecified atom stereocenters. The first kappa shape index (κ1) is 18.3. The van der Waals surface area contributed by atoms with Crippen LogP contribution in [0.3, 0.4) is 0 Å². The molecule has 0 radical (unpaired) electrons. The van der Waals surface area contributed by atoms with E-state index in [1.54, 1.807) is 0 Å². The van der Waals surface area contributed by atoms with Gasteiger partial charge in [0.1, 0.15) is 12.4 Å². The average molecular weight is 363 g/mol. The molecule has 0 heterocycles. The normalized spacial score (nSPS) is 12.6. The molecule has 0 aliphatic rings. The monoisotopic (exact) mass is 362 g/mol. The highest BCUT2D eigenvalue weighted by Crippen LogP contribution is 2.38. The molecule has 0 saturated heterocycles. The minimum Gasteiger partial charge on any atom is -0.492 e. The number of allylic oxidation sites excluding steroid dienone is 2. The van der Waals surface area contributed by atoms with Crippen LogP contribution in [0.5, 0.6) is 5.75 Å². The van der Waals surface area contributed by atoms with E-state index in [1.165, 1.54) is 22.3 Å². The van der Waals surface area contributed by atoms with Gasteiger partial charge in [0.2, 0.25) is 0 Å². The number of halogens is 1. The molecule has 3 rings (SSSR count). The number of hydrogen-bond donors (Lipinski definition) is 0. The number of ether oxygens (including phenoxy) is 1. The lowest BCUT2D eigenvalue weighted by Crippen LogP contribution is -2.05. The first-order chi connectivity index (χ1) is 12.8. The summed E-state index contributed by atoms with van der Waals surface area (Å²) in [6.07, 6.45) is 2.21. The van der Waals surface area contributed by atoms with Crippen molar-refractivity contribution in [2.45, 2.75) is 12.8 Å². The highest BCUT2D eigenvalue weighted by molar-refractivity contribution is 6.18. The predicted molar refractivity (Wildman–Crippen MR) is 111 cm³/mol. The first-order valence-corrected chi connectivity index (χ1v) is 9.42. The zero-order valence-electron chi connectivity index (χ0n) is 14.9. The Hall–Kier alpha value is -2.51. The van der Waals surface area contributed by atoms with Crippen molar-refractivity contribution in [3.05, 3.63) is 108 Å². The van der Waals surface area contributed by atoms with Crippen LogP contribution in [-0.2, 0) is 0 Å². The van der Waals surface area contributed by atoms with Gasteiger partial charge in [0.05, 0.1) is 5.88 Å². The SMILES string of the molecule is CC=C(c1ccccc1)C(c1ccccc1)c1ccc(OCCCl)cc1. The Bertz CT molecular complexity index is 823. The summed E-state index contributed by atoms with van der Waals surface area (Å²) in [6, 6.07) is 29.5. The van der Waals surface area contributed by atoms with Gasteiger partial charge in [0, 0.05) is 5.92 Å². The third-order valence-corrected chi connectivity index (χ3v) is 4.58. The molecule has 26 heavy (non-hydrogen) atoms. The van der Waals surface area contributed by atoms with E-state index in [1.807, 2.05) is 12.1 Å². The van der Waals surface area contributed by atoms with Crippen molar-refractivity contribution in [1.82, 2.24) is 0 Å². The summed E-state index contributed by atoms with van der Waals surface area (Å²) < 4.78 is 5.62. The van der Waals surface area contributed by atoms with E-state index >= 15 is 0 Å². The number of benzene rings is 3. The van der Waals surface area contributed by atoms with Gasteiger partial charge in [0.25, 0.3) is 0 Å². The quantitative estimate of drug-likeness (QED) is 0.433. The van der Waals surface area contributed by atoms with Gasteiger partial charge in [-0.1, -0.05) is 78.9 Å². The summed E-state index contributed by atoms with van der Waals surface area (Å²) >= 11 is 5.71. The lowest BCUT2D eigenvalue weighted by atomic mass is 9.81. The molecule has 0 spiro atoms. The molecule has 0 saturated carbocycles. The second-order valence-electron chi connectivity index (χ2n) is 6.06. The van der Waals surface area contributed by atoms with Gasteiger partial charge in [-0.05, 0) is 41.3 Å². The van der Waals surface area contributed by atoms with Crippen molar-refractivity contribution in [3.63, 3.8) is 0 Å². The minimum absolute atomic E-state index is 0.172. The number of hydrogen-bond acceptors (Lipinski definition) is 1. The number of alkyl halides is 1. The molecule has 0 amide bonds. The fourth-order valence-corrected chi connectivity index (χ4v) is 3.32. The van der Waals surface area contributed by atoms with Crippen LogP contribution in [0.25, 0.3) is 5.57 Å². The van der Waals surface area contributed by atoms with Crippen LogP contribution >= 0.6 is 11.6 Å². The molecule has 1 atom stereocenters. The summed E-state index contributed by atoms with van der Waals surface area (Å²) in [4.78, 5) is 0. The predicted octanol–water partition coefficient (Wildman–Crippen LogP) is 6.54. The van der Waals surface area contributed by atoms with E-state index in [0.717, 1.165) is 5.75 Å². The van der Waals surface area contributed by atoms with Gasteiger partial charge >= 0.3 is 0 Å². The van der Waals surface area contributed by atoms with E-state index in [4.69, 9.17) is 16.3 Å². The minimum atomic E-state index is 0.172. The second kappa shape index (κ2) is 9.26. The van der Waals surface area contributed by atoms with Crippen molar-refractivity contribution < 1.29 is 4.74 Å². The summed E-state index contributed by atoms with van der Waals surface area (Å²) in [5, 5.41) is 0. The molecule has 0 aromatic heterocycles. The fourth-order valence-electron chi connectivity index (χ4n) is 3.24. The maximum absolute atomic E-state index is 5.71. The lowest BCUT2D eigenvalue weighted by Gasteiger charge is -2.22. The summed E-state index contributed by atoms with van der Waals surface area (Å²) in [5.74, 6) is 1.51. The standard InChI is InChI=1S/C24H23ClO/c1-2-23(19-9-5-3-6-10-19)24(20-11-7-4-8-12-20)21-13-15-22(16-14-21)26-18-17-25/h2-16,24H,17-18H2,1H3. The lowest BCUT2D eigenvalue weighted by molar-refractivity contribution is 0.342. The van der Waals surface area contributed by atoms with Crippen LogP contribution in [0, 0.1) is 0 Å². The summed E-state index contributed by atoms with van der Waals surface area (Å²) in [7, 11) is 0. The highest BCUT2D eigenvalue weighted by Gasteiger charge is 2.19. The van der Waals surface area contributed by atoms with E-state index in [2.05, 4.69) is 85.8 Å². The Balaban J connectivity index is 2.02. The Kier molecular flexibility index (Phi) is 6.51. The van der Waals surface area contributed by atoms with Crippen LogP contribution in [0.15, 0.2) is 91.0 Å². The van der Waals surface area contributed by atoms with Gasteiger partial charge in [-0.15, -0.1) is 11.6 Å². The van der Waals surface area contributed by atoms with Gasteiger partial charge in [-0.2, -0.15) is 0 Å². The van der Waals surface area contributed by atoms with Crippen molar-refractivity contribution in [2.75, 3.05) is 12.5 Å². The smallest absolute Gasteiger partial charge is 0.119 e. The molecule has 0 N–H and O–H groups in total. The molecule has 3 aromatic carbocycles. The van der Waals surface area contributed by atoms with Crippen LogP contribution in [0.4, 0.5) is 0 Å². The maximum atomic E-state index is 5.71. The molecule has 0 bridgehead atoms. The van der Waals surface area contributed by atoms with Crippen molar-refractivity contribution in [3.8, 4) is 5.75 Å². The van der Waals surface area contributed by atoms with Gasteiger partial charge in [-0.3, -0.25) is 0 Å². The average Bonchev–Trinajstić information content (AvgIpc) is 2.72. The highest BCUT2D eigenvalue weighted by atomic mass is 35.5. The molecule has 132 valence electrons. The summed E-state index contributed by atoms with van der Waals surface area (Å²) in [6.45, 7) is 2.63. The molecule has 2 heteroatoms. The van der Waals surface area contributed by atoms with Gasteiger partial charge in [-0.25, -0.2) is 0 Å². The molecular formula is C24H23ClO. The van der Waals surface area contributed by atoms with Gasteiger partial charge < -0.3 is 4.74 Å². The largest absolute Gasteiger partial charge is 0.492 e. The third-order valence-electron chi connectivity index (χ3n) is 4.42. The molecule has 3 aromatic rings. The Morgan fingerprint density at radius 3 is 2.00 bits per heavy atom. The molecular weight excluding hydrogens is 340 g/mol. The zero-order chi connectivity index (χ0) is 18.2. The third kappa shape index (κ3) is 4.36. The first-order valence-electron chi connectivity index (χ1n) is 8.88. The van der Waals surface area contributed by atoms with E-state index in [0.29, 0.717) is 12.5 Å². The van der Waals surface area contributed by atoms with E-state index < -0.39 is 0 Å². The van der Waals surface area contributed by atoms with Crippen LogP contribution in [-0.4, -0.2) is 12.5 Å².